The molecule has 5 nitrogen and oxygen atoms in total. The Morgan fingerprint density at radius 2 is 2.05 bits per heavy atom. The third kappa shape index (κ3) is 3.40. The van der Waals surface area contributed by atoms with Crippen LogP contribution < -0.4 is 10.6 Å². The number of carboxylic acid groups (broad SMARTS) is 1. The third-order valence-electron chi connectivity index (χ3n) is 4.45. The van der Waals surface area contributed by atoms with Crippen LogP contribution in [0.15, 0.2) is 0 Å². The molecule has 2 rings (SSSR count). The fourth-order valence-electron chi connectivity index (χ4n) is 3.61. The van der Waals surface area contributed by atoms with Crippen LogP contribution in [-0.4, -0.2) is 40.7 Å². The summed E-state index contributed by atoms with van der Waals surface area (Å²) in [6, 6.07) is -0.322. The predicted molar refractivity (Wildman–Crippen MR) is 79.9 cm³/mol. The average molecular weight is 300 g/mol. The second-order valence-electron chi connectivity index (χ2n) is 5.90. The maximum Gasteiger partial charge on any atom is 0.315 e. The zero-order valence-corrected chi connectivity index (χ0v) is 12.9. The van der Waals surface area contributed by atoms with Crippen molar-refractivity contribution >= 4 is 23.8 Å². The van der Waals surface area contributed by atoms with Gasteiger partial charge in [-0.15, -0.1) is 0 Å². The molecule has 2 amide bonds. The Kier molecular flexibility index (Phi) is 5.18. The van der Waals surface area contributed by atoms with Gasteiger partial charge in [-0.3, -0.25) is 4.79 Å². The number of fused-ring (bicyclic) bond motifs is 2. The van der Waals surface area contributed by atoms with Crippen molar-refractivity contribution in [3.63, 3.8) is 0 Å². The van der Waals surface area contributed by atoms with Gasteiger partial charge in [0.05, 0.1) is 5.92 Å². The molecule has 3 N–H and O–H groups in total. The van der Waals surface area contributed by atoms with Gasteiger partial charge in [0.2, 0.25) is 0 Å². The minimum Gasteiger partial charge on any atom is -0.481 e. The quantitative estimate of drug-likeness (QED) is 0.700. The topological polar surface area (TPSA) is 78.4 Å². The lowest BCUT2D eigenvalue weighted by Gasteiger charge is -2.29. The van der Waals surface area contributed by atoms with Crippen LogP contribution in [0.2, 0.25) is 0 Å². The number of aliphatic carboxylic acids is 1. The summed E-state index contributed by atoms with van der Waals surface area (Å²) in [5, 5.41) is 15.1. The first-order valence-corrected chi connectivity index (χ1v) is 8.56. The molecule has 0 aromatic carbocycles. The fourth-order valence-corrected chi connectivity index (χ4v) is 4.28. The van der Waals surface area contributed by atoms with Crippen LogP contribution in [-0.2, 0) is 4.79 Å². The molecule has 2 aliphatic rings. The van der Waals surface area contributed by atoms with E-state index in [4.69, 9.17) is 0 Å². The summed E-state index contributed by atoms with van der Waals surface area (Å²) >= 11 is 1.78. The van der Waals surface area contributed by atoms with Gasteiger partial charge in [0.25, 0.3) is 0 Å². The monoisotopic (exact) mass is 300 g/mol. The second kappa shape index (κ2) is 6.70. The molecule has 6 heteroatoms. The minimum atomic E-state index is -0.767. The molecule has 0 aromatic rings. The molecule has 2 aliphatic carbocycles. The number of thioether (sulfide) groups is 1. The Morgan fingerprint density at radius 3 is 2.70 bits per heavy atom. The van der Waals surface area contributed by atoms with Crippen LogP contribution in [0.25, 0.3) is 0 Å². The number of hydrogen-bond acceptors (Lipinski definition) is 3. The van der Waals surface area contributed by atoms with Crippen LogP contribution in [0, 0.1) is 17.8 Å². The van der Waals surface area contributed by atoms with Gasteiger partial charge in [0, 0.05) is 17.8 Å². The van der Waals surface area contributed by atoms with Crippen molar-refractivity contribution in [1.82, 2.24) is 10.6 Å². The molecule has 5 unspecified atom stereocenters. The van der Waals surface area contributed by atoms with Crippen LogP contribution in [0.5, 0.6) is 0 Å². The molecule has 2 saturated carbocycles. The Bertz CT molecular complexity index is 377. The number of rotatable bonds is 6. The Labute approximate surface area is 124 Å². The van der Waals surface area contributed by atoms with E-state index in [1.165, 1.54) is 0 Å². The molecule has 5 atom stereocenters. The SMILES string of the molecule is CCSCC(C)NC(=O)NC1C2CCC(C2)C1C(=O)O. The summed E-state index contributed by atoms with van der Waals surface area (Å²) in [4.78, 5) is 23.4. The average Bonchev–Trinajstić information content (AvgIpc) is 2.96. The summed E-state index contributed by atoms with van der Waals surface area (Å²) < 4.78 is 0. The highest BCUT2D eigenvalue weighted by Crippen LogP contribution is 2.48. The lowest BCUT2D eigenvalue weighted by molar-refractivity contribution is -0.144. The highest BCUT2D eigenvalue weighted by molar-refractivity contribution is 7.99. The highest BCUT2D eigenvalue weighted by Gasteiger charge is 2.51. The maximum atomic E-state index is 12.0. The van der Waals surface area contributed by atoms with Crippen molar-refractivity contribution in [1.29, 1.82) is 0 Å². The van der Waals surface area contributed by atoms with Crippen molar-refractivity contribution in [2.75, 3.05) is 11.5 Å². The van der Waals surface area contributed by atoms with Gasteiger partial charge in [-0.2, -0.15) is 11.8 Å². The number of nitrogens with one attached hydrogen (secondary N) is 2. The summed E-state index contributed by atoms with van der Waals surface area (Å²) in [5.41, 5.74) is 0. The van der Waals surface area contributed by atoms with Crippen molar-refractivity contribution in [2.24, 2.45) is 17.8 Å². The van der Waals surface area contributed by atoms with Gasteiger partial charge in [-0.25, -0.2) is 4.79 Å². The summed E-state index contributed by atoms with van der Waals surface area (Å²) in [7, 11) is 0. The smallest absolute Gasteiger partial charge is 0.315 e. The molecule has 0 aliphatic heterocycles. The highest BCUT2D eigenvalue weighted by atomic mass is 32.2. The maximum absolute atomic E-state index is 12.0. The normalized spacial score (nSPS) is 32.9. The largest absolute Gasteiger partial charge is 0.481 e. The Morgan fingerprint density at radius 1 is 1.35 bits per heavy atom. The predicted octanol–water partition coefficient (Wildman–Crippen LogP) is 1.93. The van der Waals surface area contributed by atoms with E-state index >= 15 is 0 Å². The van der Waals surface area contributed by atoms with E-state index in [2.05, 4.69) is 17.6 Å². The Hall–Kier alpha value is -0.910. The zero-order chi connectivity index (χ0) is 14.7. The van der Waals surface area contributed by atoms with Crippen LogP contribution in [0.1, 0.15) is 33.1 Å². The number of carbonyl (C=O) groups excluding carboxylic acids is 1. The van der Waals surface area contributed by atoms with E-state index in [1.54, 1.807) is 11.8 Å². The van der Waals surface area contributed by atoms with E-state index in [-0.39, 0.29) is 24.0 Å². The summed E-state index contributed by atoms with van der Waals surface area (Å²) in [5.74, 6) is 1.32. The van der Waals surface area contributed by atoms with Crippen molar-refractivity contribution < 1.29 is 14.7 Å². The molecular weight excluding hydrogens is 276 g/mol. The number of carbonyl (C=O) groups is 2. The van der Waals surface area contributed by atoms with E-state index in [9.17, 15) is 14.7 Å². The van der Waals surface area contributed by atoms with Crippen LogP contribution in [0.4, 0.5) is 4.79 Å². The summed E-state index contributed by atoms with van der Waals surface area (Å²) in [6.45, 7) is 4.06. The summed E-state index contributed by atoms with van der Waals surface area (Å²) in [6.07, 6.45) is 2.98. The minimum absolute atomic E-state index is 0.0989. The van der Waals surface area contributed by atoms with E-state index < -0.39 is 11.9 Å². The first kappa shape index (κ1) is 15.5. The molecule has 0 heterocycles. The molecule has 0 saturated heterocycles. The van der Waals surface area contributed by atoms with E-state index in [0.717, 1.165) is 30.8 Å². The fraction of sp³-hybridized carbons (Fsp3) is 0.857. The van der Waals surface area contributed by atoms with Crippen molar-refractivity contribution in [2.45, 2.75) is 45.2 Å². The molecule has 2 fully saturated rings. The Balaban J connectivity index is 1.85. The van der Waals surface area contributed by atoms with Gasteiger partial charge < -0.3 is 15.7 Å². The van der Waals surface area contributed by atoms with Gasteiger partial charge in [0.15, 0.2) is 0 Å². The number of carboxylic acids is 1. The first-order chi connectivity index (χ1) is 9.52. The molecule has 2 bridgehead atoms. The molecule has 20 heavy (non-hydrogen) atoms. The molecule has 0 aromatic heterocycles. The van der Waals surface area contributed by atoms with Crippen molar-refractivity contribution in [3.8, 4) is 0 Å². The van der Waals surface area contributed by atoms with Gasteiger partial charge in [-0.05, 0) is 43.8 Å². The second-order valence-corrected chi connectivity index (χ2v) is 7.22. The molecular formula is C14H24N2O3S. The standard InChI is InChI=1S/C14H24N2O3S/c1-3-20-7-8(2)15-14(19)16-12-10-5-4-9(6-10)11(12)13(17)18/h8-12H,3-7H2,1-2H3,(H,17,18)(H2,15,16,19). The number of urea groups is 1. The lowest BCUT2D eigenvalue weighted by atomic mass is 9.84. The van der Waals surface area contributed by atoms with Crippen molar-refractivity contribution in [3.05, 3.63) is 0 Å². The van der Waals surface area contributed by atoms with Gasteiger partial charge in [-0.1, -0.05) is 6.92 Å². The van der Waals surface area contributed by atoms with Crippen LogP contribution >= 0.6 is 11.8 Å². The molecule has 0 radical (unpaired) electrons. The number of amides is 2. The lowest BCUT2D eigenvalue weighted by Crippen LogP contribution is -2.52. The van der Waals surface area contributed by atoms with E-state index in [1.807, 2.05) is 6.92 Å². The third-order valence-corrected chi connectivity index (χ3v) is 5.59. The molecule has 114 valence electrons. The number of hydrogen-bond donors (Lipinski definition) is 3. The van der Waals surface area contributed by atoms with E-state index in [0.29, 0.717) is 5.92 Å². The zero-order valence-electron chi connectivity index (χ0n) is 12.1. The first-order valence-electron chi connectivity index (χ1n) is 7.40. The molecule has 0 spiro atoms. The van der Waals surface area contributed by atoms with Gasteiger partial charge >= 0.3 is 12.0 Å². The van der Waals surface area contributed by atoms with Gasteiger partial charge in [0.1, 0.15) is 0 Å². The van der Waals surface area contributed by atoms with Crippen LogP contribution in [0.3, 0.4) is 0 Å².